The van der Waals surface area contributed by atoms with Crippen molar-refractivity contribution in [3.05, 3.63) is 57.0 Å². The maximum absolute atomic E-state index is 12.7. The van der Waals surface area contributed by atoms with E-state index in [2.05, 4.69) is 54.9 Å². The second-order valence-electron chi connectivity index (χ2n) is 7.62. The van der Waals surface area contributed by atoms with Crippen molar-refractivity contribution in [3.8, 4) is 0 Å². The van der Waals surface area contributed by atoms with Crippen molar-refractivity contribution in [3.63, 3.8) is 0 Å². The molecule has 0 unspecified atom stereocenters. The van der Waals surface area contributed by atoms with Crippen LogP contribution in [0.5, 0.6) is 0 Å². The van der Waals surface area contributed by atoms with Crippen LogP contribution in [0, 0.1) is 6.92 Å². The molecule has 2 aromatic rings. The van der Waals surface area contributed by atoms with Crippen molar-refractivity contribution in [2.75, 3.05) is 37.6 Å². The molecule has 1 aliphatic rings. The number of aryl methyl sites for hydroxylation is 1. The number of H-pyrrole nitrogens is 1. The first kappa shape index (κ1) is 18.6. The van der Waals surface area contributed by atoms with Gasteiger partial charge in [-0.3, -0.25) is 9.78 Å². The topological polar surface area (TPSA) is 53.4 Å². The summed E-state index contributed by atoms with van der Waals surface area (Å²) < 4.78 is 0. The summed E-state index contributed by atoms with van der Waals surface area (Å²) in [6.45, 7) is 13.8. The summed E-state index contributed by atoms with van der Waals surface area (Å²) in [5, 5.41) is 0. The zero-order valence-electron chi connectivity index (χ0n) is 16.4. The molecule has 0 aliphatic carbocycles. The highest BCUT2D eigenvalue weighted by molar-refractivity contribution is 5.36. The molecule has 0 amide bonds. The number of piperazine rings is 1. The van der Waals surface area contributed by atoms with Crippen LogP contribution in [0.25, 0.3) is 0 Å². The number of hydrogen-bond donors (Lipinski definition) is 2. The van der Waals surface area contributed by atoms with Gasteiger partial charge in [-0.1, -0.05) is 38.1 Å². The molecule has 5 heteroatoms. The van der Waals surface area contributed by atoms with Crippen molar-refractivity contribution in [2.45, 2.75) is 40.0 Å². The highest BCUT2D eigenvalue weighted by Gasteiger charge is 2.21. The first-order chi connectivity index (χ1) is 12.5. The number of aromatic nitrogens is 2. The Kier molecular flexibility index (Phi) is 5.77. The fourth-order valence-electron chi connectivity index (χ4n) is 3.57. The third-order valence-electron chi connectivity index (χ3n) is 5.51. The molecule has 2 N–H and O–H groups in total. The molecular formula is C21H31N4O+. The molecule has 0 spiro atoms. The summed E-state index contributed by atoms with van der Waals surface area (Å²) in [7, 11) is 0. The van der Waals surface area contributed by atoms with Crippen molar-refractivity contribution < 1.29 is 4.90 Å². The molecule has 1 aliphatic heterocycles. The summed E-state index contributed by atoms with van der Waals surface area (Å²) in [5.74, 6) is 1.24. The number of hydrogen-bond acceptors (Lipinski definition) is 3. The number of rotatable bonds is 5. The highest BCUT2D eigenvalue weighted by Crippen LogP contribution is 2.17. The zero-order valence-corrected chi connectivity index (χ0v) is 16.4. The van der Waals surface area contributed by atoms with E-state index in [1.807, 2.05) is 6.92 Å². The Bertz CT molecular complexity index is 787. The normalized spacial score (nSPS) is 15.7. The van der Waals surface area contributed by atoms with Crippen LogP contribution in [0.3, 0.4) is 0 Å². The van der Waals surface area contributed by atoms with E-state index in [0.29, 0.717) is 12.3 Å². The zero-order chi connectivity index (χ0) is 18.7. The third-order valence-corrected chi connectivity index (χ3v) is 5.51. The van der Waals surface area contributed by atoms with Gasteiger partial charge in [0.15, 0.2) is 0 Å². The van der Waals surface area contributed by atoms with Crippen LogP contribution in [-0.4, -0.2) is 42.7 Å². The molecule has 26 heavy (non-hydrogen) atoms. The molecule has 2 heterocycles. The Labute approximate surface area is 156 Å². The molecule has 1 aromatic heterocycles. The minimum atomic E-state index is -0.00861. The summed E-state index contributed by atoms with van der Waals surface area (Å²) >= 11 is 0. The van der Waals surface area contributed by atoms with Gasteiger partial charge in [0, 0.05) is 12.0 Å². The molecule has 1 aromatic carbocycles. The van der Waals surface area contributed by atoms with E-state index in [1.165, 1.54) is 5.56 Å². The van der Waals surface area contributed by atoms with Crippen LogP contribution >= 0.6 is 0 Å². The highest BCUT2D eigenvalue weighted by atomic mass is 16.1. The molecule has 0 radical (unpaired) electrons. The lowest BCUT2D eigenvalue weighted by molar-refractivity contribution is -0.898. The predicted octanol–water partition coefficient (Wildman–Crippen LogP) is 1.52. The van der Waals surface area contributed by atoms with Crippen LogP contribution in [0.15, 0.2) is 29.1 Å². The van der Waals surface area contributed by atoms with E-state index in [9.17, 15) is 4.79 Å². The maximum atomic E-state index is 12.7. The SMILES string of the molecule is CC[NH+]1CCN(c2nc(C)c(Cc3ccc(C(C)C)cc3)c(=O)[nH]2)CC1. The van der Waals surface area contributed by atoms with Gasteiger partial charge in [0.1, 0.15) is 0 Å². The van der Waals surface area contributed by atoms with Gasteiger partial charge in [-0.05, 0) is 30.9 Å². The van der Waals surface area contributed by atoms with Crippen LogP contribution in [0.1, 0.15) is 49.1 Å². The quantitative estimate of drug-likeness (QED) is 0.855. The van der Waals surface area contributed by atoms with Crippen LogP contribution in [0.4, 0.5) is 5.95 Å². The van der Waals surface area contributed by atoms with E-state index in [4.69, 9.17) is 4.98 Å². The Hall–Kier alpha value is -2.14. The van der Waals surface area contributed by atoms with E-state index >= 15 is 0 Å². The number of benzene rings is 1. The van der Waals surface area contributed by atoms with Gasteiger partial charge in [0.25, 0.3) is 5.56 Å². The van der Waals surface area contributed by atoms with Crippen molar-refractivity contribution in [1.82, 2.24) is 9.97 Å². The minimum absolute atomic E-state index is 0.00861. The second-order valence-corrected chi connectivity index (χ2v) is 7.62. The van der Waals surface area contributed by atoms with Crippen LogP contribution < -0.4 is 15.4 Å². The minimum Gasteiger partial charge on any atom is -0.332 e. The van der Waals surface area contributed by atoms with Crippen molar-refractivity contribution in [1.29, 1.82) is 0 Å². The number of quaternary nitrogens is 1. The Morgan fingerprint density at radius 1 is 1.19 bits per heavy atom. The number of aromatic amines is 1. The van der Waals surface area contributed by atoms with E-state index < -0.39 is 0 Å². The van der Waals surface area contributed by atoms with Gasteiger partial charge in [-0.15, -0.1) is 0 Å². The van der Waals surface area contributed by atoms with Crippen LogP contribution in [-0.2, 0) is 6.42 Å². The Balaban J connectivity index is 1.76. The lowest BCUT2D eigenvalue weighted by Crippen LogP contribution is -3.14. The summed E-state index contributed by atoms with van der Waals surface area (Å²) in [6, 6.07) is 8.55. The van der Waals surface area contributed by atoms with E-state index in [0.717, 1.165) is 55.5 Å². The summed E-state index contributed by atoms with van der Waals surface area (Å²) in [6.07, 6.45) is 0.626. The lowest BCUT2D eigenvalue weighted by Gasteiger charge is -2.32. The smallest absolute Gasteiger partial charge is 0.256 e. The molecule has 1 fully saturated rings. The molecule has 0 saturated carbocycles. The third kappa shape index (κ3) is 4.15. The summed E-state index contributed by atoms with van der Waals surface area (Å²) in [5.41, 5.74) is 4.07. The Morgan fingerprint density at radius 2 is 1.85 bits per heavy atom. The monoisotopic (exact) mass is 355 g/mol. The molecule has 5 nitrogen and oxygen atoms in total. The average molecular weight is 356 g/mol. The molecule has 3 rings (SSSR count). The largest absolute Gasteiger partial charge is 0.332 e. The van der Waals surface area contributed by atoms with Gasteiger partial charge in [-0.25, -0.2) is 4.98 Å². The van der Waals surface area contributed by atoms with Crippen molar-refractivity contribution in [2.24, 2.45) is 0 Å². The number of nitrogens with one attached hydrogen (secondary N) is 2. The lowest BCUT2D eigenvalue weighted by atomic mass is 9.99. The van der Waals surface area contributed by atoms with Gasteiger partial charge >= 0.3 is 0 Å². The van der Waals surface area contributed by atoms with Crippen LogP contribution in [0.2, 0.25) is 0 Å². The first-order valence-corrected chi connectivity index (χ1v) is 9.75. The number of anilines is 1. The summed E-state index contributed by atoms with van der Waals surface area (Å²) in [4.78, 5) is 24.2. The Morgan fingerprint density at radius 3 is 2.38 bits per heavy atom. The van der Waals surface area contributed by atoms with Gasteiger partial charge in [0.2, 0.25) is 5.95 Å². The van der Waals surface area contributed by atoms with E-state index in [-0.39, 0.29) is 5.56 Å². The maximum Gasteiger partial charge on any atom is 0.256 e. The fraction of sp³-hybridized carbons (Fsp3) is 0.524. The van der Waals surface area contributed by atoms with Gasteiger partial charge < -0.3 is 9.80 Å². The molecule has 0 atom stereocenters. The van der Waals surface area contributed by atoms with E-state index in [1.54, 1.807) is 4.90 Å². The molecule has 140 valence electrons. The molecule has 1 saturated heterocycles. The molecule has 0 bridgehead atoms. The van der Waals surface area contributed by atoms with Crippen molar-refractivity contribution >= 4 is 5.95 Å². The predicted molar refractivity (Wildman–Crippen MR) is 106 cm³/mol. The average Bonchev–Trinajstić information content (AvgIpc) is 2.65. The second kappa shape index (κ2) is 8.04. The number of nitrogens with zero attached hydrogens (tertiary/aromatic N) is 2. The molecular weight excluding hydrogens is 324 g/mol. The van der Waals surface area contributed by atoms with Gasteiger partial charge in [-0.2, -0.15) is 0 Å². The fourth-order valence-corrected chi connectivity index (χ4v) is 3.57. The first-order valence-electron chi connectivity index (χ1n) is 9.75. The standard InChI is InChI=1S/C21H30N4O/c1-5-24-10-12-25(13-11-24)21-22-16(4)19(20(26)23-21)14-17-6-8-18(9-7-17)15(2)3/h6-9,15H,5,10-14H2,1-4H3,(H,22,23,26)/p+1. The van der Waals surface area contributed by atoms with Gasteiger partial charge in [0.05, 0.1) is 38.4 Å². The number of likely N-dealkylation sites (N-methyl/N-ethyl adjacent to an activating group) is 1.